The van der Waals surface area contributed by atoms with E-state index in [1.165, 1.54) is 17.2 Å². The van der Waals surface area contributed by atoms with Crippen LogP contribution in [0, 0.1) is 5.92 Å². The van der Waals surface area contributed by atoms with Crippen LogP contribution in [0.4, 0.5) is 0 Å². The lowest BCUT2D eigenvalue weighted by molar-refractivity contribution is -0.136. The van der Waals surface area contributed by atoms with Gasteiger partial charge in [-0.05, 0) is 37.7 Å². The summed E-state index contributed by atoms with van der Waals surface area (Å²) < 4.78 is 4.98. The third-order valence-corrected chi connectivity index (χ3v) is 2.77. The average molecular weight is 206 g/mol. The van der Waals surface area contributed by atoms with Crippen molar-refractivity contribution in [3.8, 4) is 0 Å². The monoisotopic (exact) mass is 206 g/mol. The molecule has 2 nitrogen and oxygen atoms in total. The molecule has 2 heteroatoms. The minimum Gasteiger partial charge on any atom is -0.458 e. The van der Waals surface area contributed by atoms with E-state index in [1.54, 1.807) is 0 Å². The molecular formula is C13H18O2. The molecule has 1 atom stereocenters. The Balaban J connectivity index is 2.37. The van der Waals surface area contributed by atoms with E-state index in [-0.39, 0.29) is 5.97 Å². The van der Waals surface area contributed by atoms with Crippen LogP contribution in [0.25, 0.3) is 0 Å². The van der Waals surface area contributed by atoms with Crippen molar-refractivity contribution >= 4 is 5.97 Å². The lowest BCUT2D eigenvalue weighted by Crippen LogP contribution is -2.11. The van der Waals surface area contributed by atoms with Crippen molar-refractivity contribution in [2.24, 2.45) is 5.92 Å². The maximum Gasteiger partial charge on any atom is 0.330 e. The van der Waals surface area contributed by atoms with E-state index in [9.17, 15) is 4.79 Å². The molecule has 15 heavy (non-hydrogen) atoms. The lowest BCUT2D eigenvalue weighted by Gasteiger charge is -2.21. The van der Waals surface area contributed by atoms with E-state index in [0.717, 1.165) is 19.3 Å². The topological polar surface area (TPSA) is 26.3 Å². The quantitative estimate of drug-likeness (QED) is 0.401. The van der Waals surface area contributed by atoms with Gasteiger partial charge < -0.3 is 4.74 Å². The number of hydrogen-bond donors (Lipinski definition) is 0. The van der Waals surface area contributed by atoms with Gasteiger partial charge in [-0.1, -0.05) is 24.8 Å². The van der Waals surface area contributed by atoms with Gasteiger partial charge in [0.2, 0.25) is 0 Å². The molecular weight excluding hydrogens is 188 g/mol. The van der Waals surface area contributed by atoms with Gasteiger partial charge in [0.15, 0.2) is 0 Å². The molecule has 1 aliphatic carbocycles. The molecule has 0 saturated carbocycles. The van der Waals surface area contributed by atoms with Crippen LogP contribution in [-0.4, -0.2) is 12.6 Å². The first-order chi connectivity index (χ1) is 7.13. The van der Waals surface area contributed by atoms with Gasteiger partial charge >= 0.3 is 5.97 Å². The van der Waals surface area contributed by atoms with Gasteiger partial charge in [0, 0.05) is 6.08 Å². The van der Waals surface area contributed by atoms with E-state index in [2.05, 4.69) is 26.2 Å². The molecule has 0 aromatic rings. The van der Waals surface area contributed by atoms with E-state index in [1.807, 2.05) is 0 Å². The smallest absolute Gasteiger partial charge is 0.330 e. The van der Waals surface area contributed by atoms with Crippen molar-refractivity contribution in [1.29, 1.82) is 0 Å². The Morgan fingerprint density at radius 3 is 2.93 bits per heavy atom. The second-order valence-electron chi connectivity index (χ2n) is 3.99. The van der Waals surface area contributed by atoms with Crippen molar-refractivity contribution < 1.29 is 9.53 Å². The average Bonchev–Trinajstić information content (AvgIpc) is 2.26. The Kier molecular flexibility index (Phi) is 4.35. The number of allylic oxidation sites excluding steroid dienone is 2. The molecule has 82 valence electrons. The third kappa shape index (κ3) is 3.74. The van der Waals surface area contributed by atoms with Crippen molar-refractivity contribution in [2.75, 3.05) is 6.61 Å². The number of hydrogen-bond acceptors (Lipinski definition) is 2. The van der Waals surface area contributed by atoms with Crippen LogP contribution in [-0.2, 0) is 9.53 Å². The largest absolute Gasteiger partial charge is 0.458 e. The molecule has 0 aromatic carbocycles. The zero-order chi connectivity index (χ0) is 11.3. The molecule has 1 unspecified atom stereocenters. The van der Waals surface area contributed by atoms with Crippen LogP contribution in [0.15, 0.2) is 36.5 Å². The molecule has 0 saturated heterocycles. The van der Waals surface area contributed by atoms with Crippen LogP contribution in [0.2, 0.25) is 0 Å². The summed E-state index contributed by atoms with van der Waals surface area (Å²) in [6, 6.07) is 0. The predicted molar refractivity (Wildman–Crippen MR) is 61.4 cm³/mol. The van der Waals surface area contributed by atoms with Crippen LogP contribution < -0.4 is 0 Å². The first-order valence-electron chi connectivity index (χ1n) is 5.26. The fourth-order valence-electron chi connectivity index (χ4n) is 1.69. The first-order valence-corrected chi connectivity index (χ1v) is 5.26. The molecule has 0 bridgehead atoms. The summed E-state index contributed by atoms with van der Waals surface area (Å²) in [6.45, 7) is 9.80. The molecule has 1 aliphatic rings. The predicted octanol–water partition coefficient (Wildman–Crippen LogP) is 3.02. The number of carbonyl (C=O) groups excluding carboxylic acids is 1. The standard InChI is InChI=1S/C13H18O2/c1-4-13(14)15-9-11-5-7-12(8-6-11)10(2)3/h4-5,12H,1-2,6-9H2,3H3. The maximum atomic E-state index is 10.8. The summed E-state index contributed by atoms with van der Waals surface area (Å²) in [7, 11) is 0. The molecule has 1 rings (SSSR count). The molecule has 0 radical (unpaired) electrons. The Morgan fingerprint density at radius 2 is 2.47 bits per heavy atom. The summed E-state index contributed by atoms with van der Waals surface area (Å²) in [5.74, 6) is 0.252. The fraction of sp³-hybridized carbons (Fsp3) is 0.462. The second-order valence-corrected chi connectivity index (χ2v) is 3.99. The van der Waals surface area contributed by atoms with Crippen LogP contribution in [0.5, 0.6) is 0 Å². The highest BCUT2D eigenvalue weighted by atomic mass is 16.5. The SMILES string of the molecule is C=CC(=O)OCC1=CCC(C(=C)C)CC1. The highest BCUT2D eigenvalue weighted by Crippen LogP contribution is 2.28. The highest BCUT2D eigenvalue weighted by molar-refractivity contribution is 5.81. The highest BCUT2D eigenvalue weighted by Gasteiger charge is 2.15. The minimum absolute atomic E-state index is 0.349. The third-order valence-electron chi connectivity index (χ3n) is 2.77. The van der Waals surface area contributed by atoms with Crippen molar-refractivity contribution in [1.82, 2.24) is 0 Å². The summed E-state index contributed by atoms with van der Waals surface area (Å²) in [5, 5.41) is 0. The molecule has 0 amide bonds. The van der Waals surface area contributed by atoms with E-state index in [0.29, 0.717) is 12.5 Å². The molecule has 0 aliphatic heterocycles. The van der Waals surface area contributed by atoms with Crippen LogP contribution in [0.3, 0.4) is 0 Å². The van der Waals surface area contributed by atoms with Gasteiger partial charge in [-0.2, -0.15) is 0 Å². The van der Waals surface area contributed by atoms with Crippen LogP contribution >= 0.6 is 0 Å². The van der Waals surface area contributed by atoms with Gasteiger partial charge in [-0.15, -0.1) is 0 Å². The second kappa shape index (κ2) is 5.54. The number of esters is 1. The summed E-state index contributed by atoms with van der Waals surface area (Å²) >= 11 is 0. The Bertz CT molecular complexity index is 300. The summed E-state index contributed by atoms with van der Waals surface area (Å²) in [4.78, 5) is 10.8. The minimum atomic E-state index is -0.349. The van der Waals surface area contributed by atoms with Gasteiger partial charge in [0.05, 0.1) is 0 Å². The van der Waals surface area contributed by atoms with Gasteiger partial charge in [0.1, 0.15) is 6.61 Å². The van der Waals surface area contributed by atoms with Gasteiger partial charge in [-0.3, -0.25) is 0 Å². The summed E-state index contributed by atoms with van der Waals surface area (Å²) in [5.41, 5.74) is 2.45. The van der Waals surface area contributed by atoms with E-state index < -0.39 is 0 Å². The molecule has 0 aromatic heterocycles. The van der Waals surface area contributed by atoms with Crippen LogP contribution in [0.1, 0.15) is 26.2 Å². The van der Waals surface area contributed by atoms with E-state index >= 15 is 0 Å². The van der Waals surface area contributed by atoms with Gasteiger partial charge in [0.25, 0.3) is 0 Å². The van der Waals surface area contributed by atoms with E-state index in [4.69, 9.17) is 4.74 Å². The zero-order valence-corrected chi connectivity index (χ0v) is 9.29. The Hall–Kier alpha value is -1.31. The molecule has 0 heterocycles. The molecule has 0 spiro atoms. The maximum absolute atomic E-state index is 10.8. The molecule has 0 fully saturated rings. The molecule has 0 N–H and O–H groups in total. The lowest BCUT2D eigenvalue weighted by atomic mass is 9.86. The normalized spacial score (nSPS) is 20.3. The Morgan fingerprint density at radius 1 is 1.73 bits per heavy atom. The fourth-order valence-corrected chi connectivity index (χ4v) is 1.69. The number of rotatable bonds is 4. The number of ether oxygens (including phenoxy) is 1. The number of carbonyl (C=O) groups is 1. The van der Waals surface area contributed by atoms with Gasteiger partial charge in [-0.25, -0.2) is 4.79 Å². The zero-order valence-electron chi connectivity index (χ0n) is 9.29. The Labute approximate surface area is 91.3 Å². The van der Waals surface area contributed by atoms with Crippen molar-refractivity contribution in [3.63, 3.8) is 0 Å². The van der Waals surface area contributed by atoms with Crippen molar-refractivity contribution in [2.45, 2.75) is 26.2 Å². The van der Waals surface area contributed by atoms with Crippen molar-refractivity contribution in [3.05, 3.63) is 36.5 Å². The summed E-state index contributed by atoms with van der Waals surface area (Å²) in [6.07, 6.45) is 6.50. The first kappa shape index (κ1) is 11.8.